The van der Waals surface area contributed by atoms with Crippen molar-refractivity contribution in [3.63, 3.8) is 0 Å². The number of piperidine rings is 1. The van der Waals surface area contributed by atoms with Crippen molar-refractivity contribution in [2.45, 2.75) is 45.1 Å². The fourth-order valence-electron chi connectivity index (χ4n) is 2.85. The van der Waals surface area contributed by atoms with Crippen LogP contribution >= 0.6 is 0 Å². The van der Waals surface area contributed by atoms with E-state index < -0.39 is 16.0 Å². The number of carboxylic acid groups (broad SMARTS) is 1. The first-order valence-corrected chi connectivity index (χ1v) is 9.90. The van der Waals surface area contributed by atoms with Gasteiger partial charge in [0.05, 0.1) is 5.75 Å². The van der Waals surface area contributed by atoms with Crippen molar-refractivity contribution in [2.24, 2.45) is 0 Å². The van der Waals surface area contributed by atoms with Crippen molar-refractivity contribution in [1.29, 1.82) is 0 Å². The quantitative estimate of drug-likeness (QED) is 0.567. The molecule has 0 aliphatic carbocycles. The number of carboxylic acids is 1. The summed E-state index contributed by atoms with van der Waals surface area (Å²) in [5, 5.41) is 9.07. The minimum absolute atomic E-state index is 0.0505. The standard InChI is InChI=1S/C15H28N2O6S/c1-3-24(21,22)16-9-7-13(8-10-16)17(12-15(19)20)14(18)6-4-5-11-23-2/h13H,3-12H2,1-2H3,(H,19,20). The summed E-state index contributed by atoms with van der Waals surface area (Å²) in [7, 11) is -1.64. The average molecular weight is 364 g/mol. The molecule has 0 radical (unpaired) electrons. The van der Waals surface area contributed by atoms with Crippen molar-refractivity contribution >= 4 is 21.9 Å². The molecule has 1 fully saturated rings. The summed E-state index contributed by atoms with van der Waals surface area (Å²) in [6.07, 6.45) is 2.61. The summed E-state index contributed by atoms with van der Waals surface area (Å²) in [4.78, 5) is 24.8. The number of carbonyl (C=O) groups excluding carboxylic acids is 1. The number of amides is 1. The van der Waals surface area contributed by atoms with Gasteiger partial charge in [0.2, 0.25) is 15.9 Å². The highest BCUT2D eigenvalue weighted by molar-refractivity contribution is 7.89. The van der Waals surface area contributed by atoms with Gasteiger partial charge in [-0.1, -0.05) is 0 Å². The molecule has 9 heteroatoms. The maximum atomic E-state index is 12.4. The maximum absolute atomic E-state index is 12.4. The molecule has 0 aromatic carbocycles. The Labute approximate surface area is 143 Å². The van der Waals surface area contributed by atoms with Crippen LogP contribution in [0.3, 0.4) is 0 Å². The highest BCUT2D eigenvalue weighted by Gasteiger charge is 2.32. The predicted octanol–water partition coefficient (Wildman–Crippen LogP) is 0.530. The van der Waals surface area contributed by atoms with E-state index in [9.17, 15) is 18.0 Å². The largest absolute Gasteiger partial charge is 0.480 e. The van der Waals surface area contributed by atoms with Crippen molar-refractivity contribution in [3.05, 3.63) is 0 Å². The molecule has 0 aromatic rings. The molecule has 0 saturated carbocycles. The van der Waals surface area contributed by atoms with Crippen LogP contribution in [0.15, 0.2) is 0 Å². The zero-order valence-electron chi connectivity index (χ0n) is 14.4. The lowest BCUT2D eigenvalue weighted by Crippen LogP contribution is -2.50. The summed E-state index contributed by atoms with van der Waals surface area (Å²) < 4.78 is 30.1. The van der Waals surface area contributed by atoms with Crippen LogP contribution in [0, 0.1) is 0 Å². The number of nitrogens with zero attached hydrogens (tertiary/aromatic N) is 2. The summed E-state index contributed by atoms with van der Waals surface area (Å²) in [5.41, 5.74) is 0. The Hall–Kier alpha value is -1.19. The fourth-order valence-corrected chi connectivity index (χ4v) is 3.98. The monoisotopic (exact) mass is 364 g/mol. The topological polar surface area (TPSA) is 104 Å². The van der Waals surface area contributed by atoms with Crippen LogP contribution in [0.5, 0.6) is 0 Å². The third kappa shape index (κ3) is 6.37. The van der Waals surface area contributed by atoms with Crippen molar-refractivity contribution < 1.29 is 27.9 Å². The first kappa shape index (κ1) is 20.9. The Balaban J connectivity index is 2.63. The van der Waals surface area contributed by atoms with E-state index in [0.29, 0.717) is 39.0 Å². The number of ether oxygens (including phenoxy) is 1. The Kier molecular flexibility index (Phi) is 8.65. The highest BCUT2D eigenvalue weighted by Crippen LogP contribution is 2.20. The van der Waals surface area contributed by atoms with E-state index in [4.69, 9.17) is 9.84 Å². The number of hydrogen-bond donors (Lipinski definition) is 1. The molecule has 0 unspecified atom stereocenters. The van der Waals surface area contributed by atoms with E-state index in [2.05, 4.69) is 0 Å². The van der Waals surface area contributed by atoms with E-state index in [1.165, 1.54) is 9.21 Å². The molecule has 1 rings (SSSR count). The van der Waals surface area contributed by atoms with Crippen LogP contribution in [0.4, 0.5) is 0 Å². The van der Waals surface area contributed by atoms with Crippen molar-refractivity contribution in [1.82, 2.24) is 9.21 Å². The number of hydrogen-bond acceptors (Lipinski definition) is 5. The Morgan fingerprint density at radius 2 is 1.88 bits per heavy atom. The minimum atomic E-state index is -3.23. The summed E-state index contributed by atoms with van der Waals surface area (Å²) in [6, 6.07) is -0.223. The van der Waals surface area contributed by atoms with E-state index in [1.807, 2.05) is 0 Å². The van der Waals surface area contributed by atoms with Gasteiger partial charge in [0.15, 0.2) is 0 Å². The normalized spacial score (nSPS) is 16.9. The molecule has 1 aliphatic heterocycles. The molecule has 0 aromatic heterocycles. The second-order valence-electron chi connectivity index (χ2n) is 5.90. The van der Waals surface area contributed by atoms with E-state index >= 15 is 0 Å². The Morgan fingerprint density at radius 3 is 2.38 bits per heavy atom. The van der Waals surface area contributed by atoms with Gasteiger partial charge in [0.1, 0.15) is 6.54 Å². The molecule has 0 spiro atoms. The lowest BCUT2D eigenvalue weighted by atomic mass is 10.0. The molecule has 1 aliphatic rings. The first-order valence-electron chi connectivity index (χ1n) is 8.29. The van der Waals surface area contributed by atoms with Crippen LogP contribution in [-0.2, 0) is 24.3 Å². The molecule has 1 heterocycles. The van der Waals surface area contributed by atoms with E-state index in [1.54, 1.807) is 14.0 Å². The molecule has 1 amide bonds. The third-order valence-corrected chi connectivity index (χ3v) is 6.12. The Morgan fingerprint density at radius 1 is 1.25 bits per heavy atom. The van der Waals surface area contributed by atoms with Crippen molar-refractivity contribution in [2.75, 3.05) is 39.1 Å². The van der Waals surface area contributed by atoms with Gasteiger partial charge < -0.3 is 14.7 Å². The smallest absolute Gasteiger partial charge is 0.323 e. The zero-order chi connectivity index (χ0) is 18.2. The lowest BCUT2D eigenvalue weighted by Gasteiger charge is -2.37. The molecule has 8 nitrogen and oxygen atoms in total. The van der Waals surface area contributed by atoms with Gasteiger partial charge in [-0.15, -0.1) is 0 Å². The molecule has 0 atom stereocenters. The summed E-state index contributed by atoms with van der Waals surface area (Å²) in [5.74, 6) is -1.19. The highest BCUT2D eigenvalue weighted by atomic mass is 32.2. The molecule has 1 saturated heterocycles. The van der Waals surface area contributed by atoms with Gasteiger partial charge in [0, 0.05) is 39.3 Å². The minimum Gasteiger partial charge on any atom is -0.480 e. The Bertz CT molecular complexity index is 514. The molecule has 24 heavy (non-hydrogen) atoms. The number of rotatable bonds is 10. The van der Waals surface area contributed by atoms with Crippen LogP contribution in [-0.4, -0.2) is 79.8 Å². The summed E-state index contributed by atoms with van der Waals surface area (Å²) in [6.45, 7) is 2.48. The van der Waals surface area contributed by atoms with Gasteiger partial charge in [0.25, 0.3) is 0 Å². The fraction of sp³-hybridized carbons (Fsp3) is 0.867. The molecule has 0 bridgehead atoms. The number of unbranched alkanes of at least 4 members (excludes halogenated alkanes) is 1. The van der Waals surface area contributed by atoms with Gasteiger partial charge in [-0.2, -0.15) is 0 Å². The molecule has 140 valence electrons. The lowest BCUT2D eigenvalue weighted by molar-refractivity contribution is -0.147. The van der Waals surface area contributed by atoms with Crippen LogP contribution < -0.4 is 0 Å². The zero-order valence-corrected chi connectivity index (χ0v) is 15.3. The second kappa shape index (κ2) is 9.95. The number of sulfonamides is 1. The van der Waals surface area contributed by atoms with Gasteiger partial charge >= 0.3 is 5.97 Å². The van der Waals surface area contributed by atoms with E-state index in [0.717, 1.165) is 6.42 Å². The van der Waals surface area contributed by atoms with Crippen LogP contribution in [0.2, 0.25) is 0 Å². The molecular formula is C15H28N2O6S. The SMILES string of the molecule is CCS(=O)(=O)N1CCC(N(CC(=O)O)C(=O)CCCCOC)CC1. The third-order valence-electron chi connectivity index (χ3n) is 4.24. The predicted molar refractivity (Wildman–Crippen MR) is 89.1 cm³/mol. The van der Waals surface area contributed by atoms with Gasteiger partial charge in [-0.05, 0) is 32.6 Å². The first-order chi connectivity index (χ1) is 11.3. The number of carbonyl (C=O) groups is 2. The van der Waals surface area contributed by atoms with E-state index in [-0.39, 0.29) is 30.7 Å². The number of aliphatic carboxylic acids is 1. The average Bonchev–Trinajstić information content (AvgIpc) is 2.56. The second-order valence-corrected chi connectivity index (χ2v) is 8.15. The van der Waals surface area contributed by atoms with Gasteiger partial charge in [-0.25, -0.2) is 12.7 Å². The molecular weight excluding hydrogens is 336 g/mol. The van der Waals surface area contributed by atoms with Crippen molar-refractivity contribution in [3.8, 4) is 0 Å². The number of methoxy groups -OCH3 is 1. The maximum Gasteiger partial charge on any atom is 0.323 e. The van der Waals surface area contributed by atoms with Gasteiger partial charge in [-0.3, -0.25) is 9.59 Å². The summed E-state index contributed by atoms with van der Waals surface area (Å²) >= 11 is 0. The molecule has 1 N–H and O–H groups in total. The van der Waals surface area contributed by atoms with Crippen LogP contribution in [0.1, 0.15) is 39.0 Å². The van der Waals surface area contributed by atoms with Crippen LogP contribution in [0.25, 0.3) is 0 Å².